The minimum absolute atomic E-state index is 0.159. The third-order valence-corrected chi connectivity index (χ3v) is 4.85. The molecule has 0 radical (unpaired) electrons. The van der Waals surface area contributed by atoms with Crippen molar-refractivity contribution in [2.75, 3.05) is 13.1 Å². The number of likely N-dealkylation sites (tertiary alicyclic amines) is 1. The van der Waals surface area contributed by atoms with Crippen molar-refractivity contribution in [2.24, 2.45) is 10.8 Å². The summed E-state index contributed by atoms with van der Waals surface area (Å²) in [5.74, 6) is 0.337. The second-order valence-electron chi connectivity index (χ2n) is 8.51. The van der Waals surface area contributed by atoms with Crippen LogP contribution in [-0.4, -0.2) is 35.5 Å². The highest BCUT2D eigenvalue weighted by molar-refractivity contribution is 5.83. The van der Waals surface area contributed by atoms with Gasteiger partial charge in [0.05, 0.1) is 0 Å². The lowest BCUT2D eigenvalue weighted by molar-refractivity contribution is -0.154. The number of allylic oxidation sites excluding steroid dienone is 1. The average molecular weight is 291 g/mol. The fourth-order valence-electron chi connectivity index (χ4n) is 4.65. The van der Waals surface area contributed by atoms with Crippen LogP contribution in [-0.2, 0) is 9.53 Å². The van der Waals surface area contributed by atoms with Crippen LogP contribution in [0, 0.1) is 10.8 Å². The summed E-state index contributed by atoms with van der Waals surface area (Å²) in [7, 11) is 0. The molecule has 2 aliphatic carbocycles. The van der Waals surface area contributed by atoms with E-state index in [0.29, 0.717) is 18.6 Å². The monoisotopic (exact) mass is 291 g/mol. The molecule has 21 heavy (non-hydrogen) atoms. The standard InChI is InChI=1S/C17H25NO3/c1-12-5-13(19)7-16(6-12)8-17(9-16)10-18(11-17)14(20)21-15(2,3)4/h1,5-11H2,2-4H3. The Labute approximate surface area is 126 Å². The first-order valence-corrected chi connectivity index (χ1v) is 7.77. The molecule has 1 aliphatic heterocycles. The van der Waals surface area contributed by atoms with E-state index in [1.807, 2.05) is 20.8 Å². The van der Waals surface area contributed by atoms with E-state index in [9.17, 15) is 9.59 Å². The van der Waals surface area contributed by atoms with Crippen molar-refractivity contribution in [3.05, 3.63) is 12.2 Å². The SMILES string of the molecule is C=C1CC(=O)CC2(C1)CC1(CN(C(=O)OC(C)(C)C)C1)C2. The zero-order valence-corrected chi connectivity index (χ0v) is 13.3. The van der Waals surface area contributed by atoms with Crippen molar-refractivity contribution < 1.29 is 14.3 Å². The number of hydrogen-bond donors (Lipinski definition) is 0. The van der Waals surface area contributed by atoms with Crippen LogP contribution in [0.1, 0.15) is 52.9 Å². The van der Waals surface area contributed by atoms with E-state index in [2.05, 4.69) is 6.58 Å². The van der Waals surface area contributed by atoms with E-state index in [0.717, 1.165) is 37.9 Å². The van der Waals surface area contributed by atoms with Crippen LogP contribution in [0.4, 0.5) is 4.79 Å². The zero-order valence-electron chi connectivity index (χ0n) is 13.3. The Kier molecular flexibility index (Phi) is 3.02. The van der Waals surface area contributed by atoms with Crippen molar-refractivity contribution in [3.8, 4) is 0 Å². The van der Waals surface area contributed by atoms with Crippen molar-refractivity contribution in [1.29, 1.82) is 0 Å². The van der Waals surface area contributed by atoms with Gasteiger partial charge in [-0.15, -0.1) is 0 Å². The van der Waals surface area contributed by atoms with Gasteiger partial charge in [0, 0.05) is 31.3 Å². The number of ketones is 1. The summed E-state index contributed by atoms with van der Waals surface area (Å²) in [6.45, 7) is 11.2. The minimum Gasteiger partial charge on any atom is -0.444 e. The molecule has 0 unspecified atom stereocenters. The highest BCUT2D eigenvalue weighted by Gasteiger charge is 2.61. The summed E-state index contributed by atoms with van der Waals surface area (Å²) >= 11 is 0. The van der Waals surface area contributed by atoms with Gasteiger partial charge in [-0.3, -0.25) is 4.79 Å². The van der Waals surface area contributed by atoms with Gasteiger partial charge in [0.15, 0.2) is 0 Å². The number of carbonyl (C=O) groups excluding carboxylic acids is 2. The van der Waals surface area contributed by atoms with E-state index >= 15 is 0 Å². The first kappa shape index (κ1) is 14.6. The Bertz CT molecular complexity index is 483. The maximum absolute atomic E-state index is 12.0. The molecule has 0 aromatic heterocycles. The first-order valence-electron chi connectivity index (χ1n) is 7.77. The molecule has 3 rings (SSSR count). The Morgan fingerprint density at radius 1 is 1.19 bits per heavy atom. The van der Waals surface area contributed by atoms with E-state index < -0.39 is 5.60 Å². The number of amides is 1. The molecule has 116 valence electrons. The molecule has 1 saturated heterocycles. The number of ether oxygens (including phenoxy) is 1. The summed E-state index contributed by atoms with van der Waals surface area (Å²) in [5, 5.41) is 0. The molecule has 4 nitrogen and oxygen atoms in total. The molecule has 0 aromatic rings. The van der Waals surface area contributed by atoms with E-state index in [1.165, 1.54) is 0 Å². The Balaban J connectivity index is 1.53. The van der Waals surface area contributed by atoms with E-state index in [-0.39, 0.29) is 16.9 Å². The van der Waals surface area contributed by atoms with Gasteiger partial charge in [0.25, 0.3) is 0 Å². The van der Waals surface area contributed by atoms with Crippen molar-refractivity contribution in [1.82, 2.24) is 4.90 Å². The molecule has 1 heterocycles. The lowest BCUT2D eigenvalue weighted by atomic mass is 9.45. The number of Topliss-reactive ketones (excluding diaryl/α,β-unsaturated/α-hetero) is 1. The van der Waals surface area contributed by atoms with Gasteiger partial charge >= 0.3 is 6.09 Å². The average Bonchev–Trinajstić information content (AvgIpc) is 2.17. The van der Waals surface area contributed by atoms with Crippen LogP contribution in [0.15, 0.2) is 12.2 Å². The second-order valence-corrected chi connectivity index (χ2v) is 8.51. The summed E-state index contributed by atoms with van der Waals surface area (Å²) < 4.78 is 5.39. The molecule has 0 N–H and O–H groups in total. The van der Waals surface area contributed by atoms with Gasteiger partial charge < -0.3 is 9.64 Å². The Hall–Kier alpha value is -1.32. The maximum atomic E-state index is 12.0. The van der Waals surface area contributed by atoms with Crippen LogP contribution in [0.5, 0.6) is 0 Å². The molecule has 3 aliphatic rings. The molecule has 4 heteroatoms. The van der Waals surface area contributed by atoms with Crippen LogP contribution in [0.3, 0.4) is 0 Å². The quantitative estimate of drug-likeness (QED) is 0.643. The van der Waals surface area contributed by atoms with Crippen molar-refractivity contribution >= 4 is 11.9 Å². The Morgan fingerprint density at radius 2 is 1.81 bits per heavy atom. The zero-order chi connectivity index (χ0) is 15.5. The van der Waals surface area contributed by atoms with Gasteiger partial charge in [0.2, 0.25) is 0 Å². The summed E-state index contributed by atoms with van der Waals surface area (Å²) in [6.07, 6.45) is 4.18. The summed E-state index contributed by atoms with van der Waals surface area (Å²) in [4.78, 5) is 25.5. The van der Waals surface area contributed by atoms with Gasteiger partial charge in [0.1, 0.15) is 11.4 Å². The number of carbonyl (C=O) groups is 2. The van der Waals surface area contributed by atoms with Crippen molar-refractivity contribution in [3.63, 3.8) is 0 Å². The molecule has 1 amide bonds. The predicted molar refractivity (Wildman–Crippen MR) is 79.9 cm³/mol. The summed E-state index contributed by atoms with van der Waals surface area (Å²) in [6, 6.07) is 0. The van der Waals surface area contributed by atoms with Crippen LogP contribution in [0.2, 0.25) is 0 Å². The lowest BCUT2D eigenvalue weighted by Gasteiger charge is -2.65. The highest BCUT2D eigenvalue weighted by Crippen LogP contribution is 2.64. The minimum atomic E-state index is -0.436. The number of hydrogen-bond acceptors (Lipinski definition) is 3. The molecule has 2 spiro atoms. The van der Waals surface area contributed by atoms with Crippen molar-refractivity contribution in [2.45, 2.75) is 58.5 Å². The molecule has 0 bridgehead atoms. The first-order chi connectivity index (χ1) is 9.61. The predicted octanol–water partition coefficient (Wildman–Crippen LogP) is 3.31. The van der Waals surface area contributed by atoms with E-state index in [1.54, 1.807) is 4.90 Å². The largest absolute Gasteiger partial charge is 0.444 e. The third kappa shape index (κ3) is 2.72. The maximum Gasteiger partial charge on any atom is 0.410 e. The second kappa shape index (κ2) is 4.34. The molecule has 3 fully saturated rings. The third-order valence-electron chi connectivity index (χ3n) is 4.85. The molecule has 0 aromatic carbocycles. The van der Waals surface area contributed by atoms with Crippen LogP contribution < -0.4 is 0 Å². The normalized spacial score (nSPS) is 26.5. The Morgan fingerprint density at radius 3 is 2.33 bits per heavy atom. The fraction of sp³-hybridized carbons (Fsp3) is 0.765. The van der Waals surface area contributed by atoms with Crippen LogP contribution >= 0.6 is 0 Å². The van der Waals surface area contributed by atoms with Gasteiger partial charge in [-0.1, -0.05) is 12.2 Å². The molecule has 0 atom stereocenters. The van der Waals surface area contributed by atoms with Gasteiger partial charge in [-0.2, -0.15) is 0 Å². The number of nitrogens with zero attached hydrogens (tertiary/aromatic N) is 1. The molecular formula is C17H25NO3. The smallest absolute Gasteiger partial charge is 0.410 e. The topological polar surface area (TPSA) is 46.6 Å². The molecule has 2 saturated carbocycles. The van der Waals surface area contributed by atoms with E-state index in [4.69, 9.17) is 4.74 Å². The highest BCUT2D eigenvalue weighted by atomic mass is 16.6. The summed E-state index contributed by atoms with van der Waals surface area (Å²) in [5.41, 5.74) is 1.06. The number of rotatable bonds is 0. The fourth-order valence-corrected chi connectivity index (χ4v) is 4.65. The van der Waals surface area contributed by atoms with Crippen LogP contribution in [0.25, 0.3) is 0 Å². The molecular weight excluding hydrogens is 266 g/mol. The lowest BCUT2D eigenvalue weighted by Crippen LogP contribution is -2.67. The van der Waals surface area contributed by atoms with Gasteiger partial charge in [-0.25, -0.2) is 4.79 Å². The van der Waals surface area contributed by atoms with Gasteiger partial charge in [-0.05, 0) is 45.4 Å².